The third-order valence-electron chi connectivity index (χ3n) is 15.2. The molecule has 5 aliphatic rings. The summed E-state index contributed by atoms with van der Waals surface area (Å²) in [5, 5.41) is 36.7. The molecule has 382 valence electrons. The Balaban J connectivity index is 1.22. The van der Waals surface area contributed by atoms with E-state index in [1.807, 2.05) is 65.8 Å². The molecule has 2 fully saturated rings. The average molecular weight is 1000 g/mol. The van der Waals surface area contributed by atoms with Crippen LogP contribution in [-0.4, -0.2) is 76.4 Å². The van der Waals surface area contributed by atoms with Crippen molar-refractivity contribution in [3.05, 3.63) is 136 Å². The first-order chi connectivity index (χ1) is 35.2. The highest BCUT2D eigenvalue weighted by Gasteiger charge is 2.65. The number of aliphatic hydroxyl groups excluding tert-OH is 2. The molecule has 72 heavy (non-hydrogen) atoms. The number of carbonyl (C=O) groups excluding carboxylic acids is 1. The van der Waals surface area contributed by atoms with Crippen LogP contribution < -0.4 is 18.9 Å². The Bertz CT molecular complexity index is 2580. The van der Waals surface area contributed by atoms with Gasteiger partial charge in [0.05, 0.1) is 23.2 Å². The van der Waals surface area contributed by atoms with E-state index in [1.54, 1.807) is 30.0 Å². The number of thioether (sulfide) groups is 1. The van der Waals surface area contributed by atoms with E-state index in [9.17, 15) is 20.3 Å². The number of nitro groups is 1. The summed E-state index contributed by atoms with van der Waals surface area (Å²) in [4.78, 5) is 35.9. The van der Waals surface area contributed by atoms with Gasteiger partial charge in [-0.25, -0.2) is 0 Å². The number of nitrogens with zero attached hydrogens (tertiary/aromatic N) is 3. The molecule has 1 amide bonds. The summed E-state index contributed by atoms with van der Waals surface area (Å²) in [6, 6.07) is 25.3. The molecule has 2 saturated carbocycles. The van der Waals surface area contributed by atoms with E-state index in [4.69, 9.17) is 33.7 Å². The van der Waals surface area contributed by atoms with E-state index in [0.717, 1.165) is 66.5 Å². The first-order valence-corrected chi connectivity index (χ1v) is 26.9. The van der Waals surface area contributed by atoms with E-state index in [2.05, 4.69) is 18.7 Å². The molecule has 4 aromatic carbocycles. The van der Waals surface area contributed by atoms with Crippen molar-refractivity contribution in [3.63, 3.8) is 0 Å². The maximum atomic E-state index is 15.4. The summed E-state index contributed by atoms with van der Waals surface area (Å²) in [5.41, 5.74) is 4.06. The molecule has 15 heteroatoms. The van der Waals surface area contributed by atoms with Crippen LogP contribution in [0.15, 0.2) is 119 Å². The molecule has 9 rings (SSSR count). The van der Waals surface area contributed by atoms with Crippen LogP contribution in [0.2, 0.25) is 0 Å². The number of hydrogen-bond donors (Lipinski definition) is 2. The highest BCUT2D eigenvalue weighted by Crippen LogP contribution is 2.62. The van der Waals surface area contributed by atoms with E-state index >= 15 is 4.79 Å². The maximum absolute atomic E-state index is 15.4. The topological polar surface area (TPSA) is 172 Å². The van der Waals surface area contributed by atoms with Gasteiger partial charge in [0, 0.05) is 61.1 Å². The molecular weight excluding hydrogens is 935 g/mol. The molecule has 6 atom stereocenters. The second kappa shape index (κ2) is 23.8. The van der Waals surface area contributed by atoms with Crippen molar-refractivity contribution in [2.75, 3.05) is 32.9 Å². The van der Waals surface area contributed by atoms with Gasteiger partial charge < -0.3 is 43.6 Å². The molecule has 2 heterocycles. The third kappa shape index (κ3) is 11.3. The van der Waals surface area contributed by atoms with Crippen molar-refractivity contribution in [2.45, 2.75) is 119 Å². The van der Waals surface area contributed by atoms with Gasteiger partial charge in [-0.1, -0.05) is 61.9 Å². The minimum Gasteiger partial charge on any atom is -0.459 e. The fourth-order valence-electron chi connectivity index (χ4n) is 11.8. The molecule has 2 aliphatic heterocycles. The number of ether oxygens (including phenoxy) is 5. The standard InChI is InChI=1S/C57H67N3O11S/c1-3-30-68-57-53(59(54(63)27-17-38-10-4-5-11-38)35-40-16-25-51-52(31-40)67-37-66-51)34-49(58-69-36-39-14-18-42(19-15-39)60(64)65)47-32-41(12-6-8-28-61)46(13-7-9-29-62)55(56(47)57)48-33-44(22-26-50(48)71-57)70-43-20-23-45(72-2)24-21-43/h3,14-16,18-26,31-33,38,41,46,53,55-56,61-62H,1,4-13,17,27-30,34-37H2,2H3/t41-,46+,53-,55+,56+,57+/m0/s1. The molecule has 2 N–H and O–H groups in total. The van der Waals surface area contributed by atoms with E-state index < -0.39 is 22.7 Å². The highest BCUT2D eigenvalue weighted by molar-refractivity contribution is 7.98. The molecule has 0 radical (unpaired) electrons. The molecule has 0 aromatic heterocycles. The Hall–Kier alpha value is -5.87. The zero-order valence-corrected chi connectivity index (χ0v) is 42.0. The van der Waals surface area contributed by atoms with Crippen LogP contribution in [0.1, 0.15) is 106 Å². The smallest absolute Gasteiger partial charge is 0.269 e. The SMILES string of the molecule is C=CCO[C@@]12Oc3ccc(Oc4ccc(SC)cc4)cc3[C@H]3[C@H](CCCCO)[C@@H](CCCCO)C=C(C(=NOCc4ccc([N+](=O)[O-])cc4)C[C@@H]1N(Cc1ccc4c(c1)OCO4)C(=O)CCC1CCCC1)[C@H]32. The number of benzene rings is 4. The quantitative estimate of drug-likeness (QED) is 0.0224. The summed E-state index contributed by atoms with van der Waals surface area (Å²) in [6.07, 6.45) is 16.4. The molecule has 0 saturated heterocycles. The Labute approximate surface area is 426 Å². The summed E-state index contributed by atoms with van der Waals surface area (Å²) in [5.74, 6) is 1.47. The lowest BCUT2D eigenvalue weighted by Gasteiger charge is -2.60. The Kier molecular flexibility index (Phi) is 16.9. The van der Waals surface area contributed by atoms with Crippen LogP contribution in [-0.2, 0) is 27.5 Å². The molecule has 0 unspecified atom stereocenters. The Morgan fingerprint density at radius 3 is 2.36 bits per heavy atom. The molecular formula is C57H67N3O11S. The third-order valence-corrected chi connectivity index (χ3v) is 16.0. The molecule has 3 aliphatic carbocycles. The molecule has 14 nitrogen and oxygen atoms in total. The fraction of sp³-hybridized carbons (Fsp3) is 0.474. The van der Waals surface area contributed by atoms with E-state index in [-0.39, 0.29) is 75.5 Å². The summed E-state index contributed by atoms with van der Waals surface area (Å²) >= 11 is 1.66. The van der Waals surface area contributed by atoms with E-state index in [1.165, 1.54) is 25.0 Å². The van der Waals surface area contributed by atoms with Crippen molar-refractivity contribution >= 4 is 29.1 Å². The van der Waals surface area contributed by atoms with Crippen LogP contribution in [0.4, 0.5) is 5.69 Å². The highest BCUT2D eigenvalue weighted by atomic mass is 32.2. The number of oxime groups is 1. The number of unbranched alkanes of at least 4 members (excludes halogenated alkanes) is 2. The summed E-state index contributed by atoms with van der Waals surface area (Å²) in [7, 11) is 0. The van der Waals surface area contributed by atoms with Gasteiger partial charge in [0.1, 0.15) is 29.9 Å². The number of non-ortho nitro benzene ring substituents is 1. The van der Waals surface area contributed by atoms with Crippen LogP contribution in [0.5, 0.6) is 28.7 Å². The van der Waals surface area contributed by atoms with Gasteiger partial charge in [-0.05, 0) is 140 Å². The predicted octanol–water partition coefficient (Wildman–Crippen LogP) is 11.7. The summed E-state index contributed by atoms with van der Waals surface area (Å²) in [6.45, 7) is 4.78. The minimum atomic E-state index is -1.46. The van der Waals surface area contributed by atoms with Crippen LogP contribution >= 0.6 is 11.8 Å². The Morgan fingerprint density at radius 1 is 0.903 bits per heavy atom. The van der Waals surface area contributed by atoms with Gasteiger partial charge in [0.2, 0.25) is 18.5 Å². The lowest BCUT2D eigenvalue weighted by atomic mass is 9.55. The number of amides is 1. The van der Waals surface area contributed by atoms with Crippen molar-refractivity contribution in [2.24, 2.45) is 28.8 Å². The Morgan fingerprint density at radius 2 is 1.62 bits per heavy atom. The summed E-state index contributed by atoms with van der Waals surface area (Å²) < 4.78 is 33.0. The number of aliphatic hydroxyl groups is 2. The van der Waals surface area contributed by atoms with Crippen molar-refractivity contribution in [3.8, 4) is 28.7 Å². The monoisotopic (exact) mass is 1000 g/mol. The van der Waals surface area contributed by atoms with Gasteiger partial charge in [-0.3, -0.25) is 14.9 Å². The first kappa shape index (κ1) is 51.0. The lowest BCUT2D eigenvalue weighted by molar-refractivity contribution is -0.384. The van der Waals surface area contributed by atoms with Gasteiger partial charge in [-0.15, -0.1) is 18.3 Å². The van der Waals surface area contributed by atoms with Gasteiger partial charge >= 0.3 is 0 Å². The number of allylic oxidation sites excluding steroid dienone is 1. The number of hydrogen-bond acceptors (Lipinski definition) is 13. The second-order valence-corrected chi connectivity index (χ2v) is 20.5. The van der Waals surface area contributed by atoms with Crippen molar-refractivity contribution in [1.82, 2.24) is 4.90 Å². The predicted molar refractivity (Wildman–Crippen MR) is 275 cm³/mol. The molecule has 4 aromatic rings. The normalized spacial score (nSPS) is 23.4. The van der Waals surface area contributed by atoms with Gasteiger partial charge in [-0.2, -0.15) is 0 Å². The lowest BCUT2D eigenvalue weighted by Crippen LogP contribution is -2.70. The zero-order chi connectivity index (χ0) is 50.0. The molecule has 0 spiro atoms. The van der Waals surface area contributed by atoms with Gasteiger partial charge in [0.15, 0.2) is 11.5 Å². The fourth-order valence-corrected chi connectivity index (χ4v) is 12.2. The number of carbonyl (C=O) groups is 1. The number of nitro benzene ring substituents is 1. The second-order valence-electron chi connectivity index (χ2n) is 19.6. The van der Waals surface area contributed by atoms with Gasteiger partial charge in [0.25, 0.3) is 5.69 Å². The van der Waals surface area contributed by atoms with Crippen molar-refractivity contribution < 1.29 is 48.5 Å². The van der Waals surface area contributed by atoms with Crippen molar-refractivity contribution in [1.29, 1.82) is 0 Å². The van der Waals surface area contributed by atoms with Crippen LogP contribution in [0.25, 0.3) is 0 Å². The zero-order valence-electron chi connectivity index (χ0n) is 41.2. The number of rotatable bonds is 24. The molecule has 0 bridgehead atoms. The largest absolute Gasteiger partial charge is 0.459 e. The van der Waals surface area contributed by atoms with Crippen LogP contribution in [0.3, 0.4) is 0 Å². The van der Waals surface area contributed by atoms with Crippen LogP contribution in [0, 0.1) is 33.8 Å². The number of fused-ring (bicyclic) bond motifs is 3. The van der Waals surface area contributed by atoms with E-state index in [0.29, 0.717) is 65.2 Å². The first-order valence-electron chi connectivity index (χ1n) is 25.7. The minimum absolute atomic E-state index is 0.0101. The maximum Gasteiger partial charge on any atom is 0.269 e. The average Bonchev–Trinajstić information content (AvgIpc) is 4.11.